The number of methoxy groups -OCH3 is 1. The van der Waals surface area contributed by atoms with Crippen LogP contribution >= 0.6 is 0 Å². The van der Waals surface area contributed by atoms with Gasteiger partial charge in [0, 0.05) is 39.0 Å². The molecule has 0 bridgehead atoms. The fraction of sp³-hybridized carbons (Fsp3) is 0.647. The molecule has 0 aliphatic rings. The van der Waals surface area contributed by atoms with Gasteiger partial charge in [-0.2, -0.15) is 0 Å². The summed E-state index contributed by atoms with van der Waals surface area (Å²) in [6.07, 6.45) is 1.03. The number of hydrogen-bond acceptors (Lipinski definition) is 4. The molecule has 120 valence electrons. The Kier molecular flexibility index (Phi) is 9.87. The summed E-state index contributed by atoms with van der Waals surface area (Å²) in [6, 6.07) is 8.82. The second kappa shape index (κ2) is 11.5. The van der Waals surface area contributed by atoms with Crippen molar-refractivity contribution in [1.29, 1.82) is 0 Å². The lowest BCUT2D eigenvalue weighted by molar-refractivity contribution is 0.0695. The summed E-state index contributed by atoms with van der Waals surface area (Å²) < 4.78 is 10.3. The minimum atomic E-state index is 0.673. The molecule has 0 amide bonds. The van der Waals surface area contributed by atoms with Crippen LogP contribution in [0.3, 0.4) is 0 Å². The highest BCUT2D eigenvalue weighted by atomic mass is 16.5. The maximum Gasteiger partial charge on any atom is 0.0700 e. The van der Waals surface area contributed by atoms with Crippen LogP contribution in [0.15, 0.2) is 24.3 Å². The first-order chi connectivity index (χ1) is 10.3. The van der Waals surface area contributed by atoms with Gasteiger partial charge in [0.1, 0.15) is 0 Å². The van der Waals surface area contributed by atoms with Gasteiger partial charge in [0.2, 0.25) is 0 Å². The average Bonchev–Trinajstić information content (AvgIpc) is 2.52. The maximum atomic E-state index is 5.42. The molecular weight excluding hydrogens is 264 g/mol. The Balaban J connectivity index is 2.15. The van der Waals surface area contributed by atoms with E-state index in [4.69, 9.17) is 9.47 Å². The maximum absolute atomic E-state index is 5.42. The van der Waals surface area contributed by atoms with Crippen molar-refractivity contribution in [2.24, 2.45) is 0 Å². The monoisotopic (exact) mass is 294 g/mol. The molecule has 1 aromatic carbocycles. The van der Waals surface area contributed by atoms with Gasteiger partial charge in [0.05, 0.1) is 13.2 Å². The van der Waals surface area contributed by atoms with Crippen LogP contribution in [0.4, 0.5) is 5.69 Å². The smallest absolute Gasteiger partial charge is 0.0700 e. The first-order valence-corrected chi connectivity index (χ1v) is 7.93. The van der Waals surface area contributed by atoms with E-state index in [1.807, 2.05) is 0 Å². The van der Waals surface area contributed by atoms with Crippen molar-refractivity contribution >= 4 is 5.69 Å². The van der Waals surface area contributed by atoms with Crippen LogP contribution < -0.4 is 10.2 Å². The number of rotatable bonds is 12. The van der Waals surface area contributed by atoms with E-state index in [2.05, 4.69) is 48.3 Å². The zero-order valence-corrected chi connectivity index (χ0v) is 13.7. The lowest BCUT2D eigenvalue weighted by Gasteiger charge is -2.21. The summed E-state index contributed by atoms with van der Waals surface area (Å²) in [5.41, 5.74) is 2.63. The largest absolute Gasteiger partial charge is 0.382 e. The van der Waals surface area contributed by atoms with Gasteiger partial charge in [-0.25, -0.2) is 0 Å². The third-order valence-corrected chi connectivity index (χ3v) is 3.47. The van der Waals surface area contributed by atoms with E-state index in [0.717, 1.165) is 39.2 Å². The van der Waals surface area contributed by atoms with Gasteiger partial charge in [-0.05, 0) is 44.5 Å². The van der Waals surface area contributed by atoms with E-state index < -0.39 is 0 Å². The normalized spacial score (nSPS) is 10.8. The molecule has 1 N–H and O–H groups in total. The Morgan fingerprint density at radius 3 is 2.33 bits per heavy atom. The van der Waals surface area contributed by atoms with Crippen LogP contribution in [-0.4, -0.2) is 46.6 Å². The molecule has 0 saturated heterocycles. The van der Waals surface area contributed by atoms with Crippen LogP contribution in [0, 0.1) is 0 Å². The van der Waals surface area contributed by atoms with Gasteiger partial charge >= 0.3 is 0 Å². The first-order valence-electron chi connectivity index (χ1n) is 7.93. The van der Waals surface area contributed by atoms with Crippen LogP contribution in [0.2, 0.25) is 0 Å². The van der Waals surface area contributed by atoms with Crippen molar-refractivity contribution in [1.82, 2.24) is 5.32 Å². The molecule has 1 rings (SSSR count). The SMILES string of the molecule is CCN(CC)c1ccc(CNCCCOCCOC)cc1. The Morgan fingerprint density at radius 2 is 1.71 bits per heavy atom. The fourth-order valence-electron chi connectivity index (χ4n) is 2.19. The molecule has 4 heteroatoms. The quantitative estimate of drug-likeness (QED) is 0.601. The number of ether oxygens (including phenoxy) is 2. The molecule has 0 fully saturated rings. The van der Waals surface area contributed by atoms with Crippen LogP contribution in [0.5, 0.6) is 0 Å². The van der Waals surface area contributed by atoms with Gasteiger partial charge in [-0.15, -0.1) is 0 Å². The molecule has 0 saturated carbocycles. The van der Waals surface area contributed by atoms with Crippen molar-refractivity contribution in [2.45, 2.75) is 26.8 Å². The predicted molar refractivity (Wildman–Crippen MR) is 89.0 cm³/mol. The molecule has 0 atom stereocenters. The minimum Gasteiger partial charge on any atom is -0.382 e. The second-order valence-electron chi connectivity index (χ2n) is 4.97. The topological polar surface area (TPSA) is 33.7 Å². The van der Waals surface area contributed by atoms with Gasteiger partial charge in [0.25, 0.3) is 0 Å². The van der Waals surface area contributed by atoms with Crippen molar-refractivity contribution in [3.63, 3.8) is 0 Å². The lowest BCUT2D eigenvalue weighted by atomic mass is 10.2. The van der Waals surface area contributed by atoms with E-state index in [-0.39, 0.29) is 0 Å². The Hall–Kier alpha value is -1.10. The highest BCUT2D eigenvalue weighted by Crippen LogP contribution is 2.14. The van der Waals surface area contributed by atoms with E-state index in [1.54, 1.807) is 7.11 Å². The van der Waals surface area contributed by atoms with Gasteiger partial charge < -0.3 is 19.7 Å². The fourth-order valence-corrected chi connectivity index (χ4v) is 2.19. The molecule has 1 aromatic rings. The molecule has 0 spiro atoms. The number of hydrogen-bond donors (Lipinski definition) is 1. The van der Waals surface area contributed by atoms with Crippen molar-refractivity contribution < 1.29 is 9.47 Å². The zero-order chi connectivity index (χ0) is 15.3. The molecule has 0 heterocycles. The van der Waals surface area contributed by atoms with Gasteiger partial charge in [-0.3, -0.25) is 0 Å². The molecular formula is C17H30N2O2. The highest BCUT2D eigenvalue weighted by molar-refractivity contribution is 5.47. The molecule has 0 radical (unpaired) electrons. The molecule has 21 heavy (non-hydrogen) atoms. The summed E-state index contributed by atoms with van der Waals surface area (Å²) >= 11 is 0. The number of anilines is 1. The summed E-state index contributed by atoms with van der Waals surface area (Å²) in [7, 11) is 1.69. The van der Waals surface area contributed by atoms with Crippen molar-refractivity contribution in [3.8, 4) is 0 Å². The Labute approximate surface area is 129 Å². The predicted octanol–water partition coefficient (Wildman–Crippen LogP) is 2.68. The van der Waals surface area contributed by atoms with Crippen LogP contribution in [0.25, 0.3) is 0 Å². The Morgan fingerprint density at radius 1 is 1.00 bits per heavy atom. The molecule has 4 nitrogen and oxygen atoms in total. The van der Waals surface area contributed by atoms with Crippen LogP contribution in [-0.2, 0) is 16.0 Å². The first kappa shape index (κ1) is 18.0. The minimum absolute atomic E-state index is 0.673. The van der Waals surface area contributed by atoms with Crippen LogP contribution in [0.1, 0.15) is 25.8 Å². The molecule has 0 aliphatic carbocycles. The van der Waals surface area contributed by atoms with Crippen molar-refractivity contribution in [3.05, 3.63) is 29.8 Å². The van der Waals surface area contributed by atoms with E-state index in [9.17, 15) is 0 Å². The van der Waals surface area contributed by atoms with E-state index in [0.29, 0.717) is 13.2 Å². The molecule has 0 unspecified atom stereocenters. The van der Waals surface area contributed by atoms with E-state index in [1.165, 1.54) is 11.3 Å². The third kappa shape index (κ3) is 7.46. The third-order valence-electron chi connectivity index (χ3n) is 3.47. The standard InChI is InChI=1S/C17H30N2O2/c1-4-19(5-2)17-9-7-16(8-10-17)15-18-11-6-12-21-14-13-20-3/h7-10,18H,4-6,11-15H2,1-3H3. The van der Waals surface area contributed by atoms with Crippen molar-refractivity contribution in [2.75, 3.05) is 51.5 Å². The summed E-state index contributed by atoms with van der Waals surface area (Å²) in [4.78, 5) is 2.36. The second-order valence-corrected chi connectivity index (χ2v) is 4.97. The lowest BCUT2D eigenvalue weighted by Crippen LogP contribution is -2.21. The van der Waals surface area contributed by atoms with Gasteiger partial charge in [0.15, 0.2) is 0 Å². The average molecular weight is 294 g/mol. The summed E-state index contributed by atoms with van der Waals surface area (Å²) in [5.74, 6) is 0. The highest BCUT2D eigenvalue weighted by Gasteiger charge is 2.01. The number of nitrogens with zero attached hydrogens (tertiary/aromatic N) is 1. The molecule has 0 aromatic heterocycles. The summed E-state index contributed by atoms with van der Waals surface area (Å²) in [6.45, 7) is 10.5. The Bertz CT molecular complexity index is 350. The zero-order valence-electron chi connectivity index (χ0n) is 13.7. The van der Waals surface area contributed by atoms with Gasteiger partial charge in [-0.1, -0.05) is 12.1 Å². The van der Waals surface area contributed by atoms with E-state index >= 15 is 0 Å². The number of nitrogens with one attached hydrogen (secondary N) is 1. The summed E-state index contributed by atoms with van der Waals surface area (Å²) in [5, 5.41) is 3.44. The molecule has 0 aliphatic heterocycles. The number of benzene rings is 1.